The van der Waals surface area contributed by atoms with Gasteiger partial charge in [-0.25, -0.2) is 0 Å². The van der Waals surface area contributed by atoms with E-state index in [-0.39, 0.29) is 0 Å². The first-order valence-corrected chi connectivity index (χ1v) is 6.72. The Labute approximate surface area is 100 Å². The minimum Gasteiger partial charge on any atom is -0.389 e. The number of thiophene rings is 1. The largest absolute Gasteiger partial charge is 0.389 e. The first kappa shape index (κ1) is 12.0. The maximum Gasteiger partial charge on any atom is 0.101 e. The first-order chi connectivity index (χ1) is 7.70. The highest BCUT2D eigenvalue weighted by molar-refractivity contribution is 7.10. The second-order valence-electron chi connectivity index (χ2n) is 4.59. The van der Waals surface area contributed by atoms with Crippen molar-refractivity contribution in [2.24, 2.45) is 0 Å². The molecule has 16 heavy (non-hydrogen) atoms. The van der Waals surface area contributed by atoms with Gasteiger partial charge in [0.1, 0.15) is 6.10 Å². The lowest BCUT2D eigenvalue weighted by molar-refractivity contribution is 0.0440. The molecule has 0 spiro atoms. The Balaban J connectivity index is 1.72. The monoisotopic (exact) mass is 241 g/mol. The summed E-state index contributed by atoms with van der Waals surface area (Å²) in [6, 6.07) is 3.87. The molecule has 1 heterocycles. The van der Waals surface area contributed by atoms with Crippen molar-refractivity contribution in [2.45, 2.75) is 37.4 Å². The van der Waals surface area contributed by atoms with Gasteiger partial charge in [0, 0.05) is 18.0 Å². The summed E-state index contributed by atoms with van der Waals surface area (Å²) in [6.07, 6.45) is 3.55. The molecule has 1 atom stereocenters. The van der Waals surface area contributed by atoms with Crippen molar-refractivity contribution in [1.29, 1.82) is 0 Å². The van der Waals surface area contributed by atoms with E-state index in [1.165, 1.54) is 0 Å². The second kappa shape index (κ2) is 5.27. The SMILES string of the molecule is OC(CNCC1(O)CCCC1)c1cccs1. The van der Waals surface area contributed by atoms with Crippen LogP contribution in [0.15, 0.2) is 17.5 Å². The molecule has 3 nitrogen and oxygen atoms in total. The zero-order valence-corrected chi connectivity index (χ0v) is 10.2. The summed E-state index contributed by atoms with van der Waals surface area (Å²) in [6.45, 7) is 1.11. The van der Waals surface area contributed by atoms with Gasteiger partial charge in [-0.2, -0.15) is 0 Å². The number of hydrogen-bond donors (Lipinski definition) is 3. The van der Waals surface area contributed by atoms with E-state index < -0.39 is 11.7 Å². The van der Waals surface area contributed by atoms with E-state index in [4.69, 9.17) is 0 Å². The second-order valence-corrected chi connectivity index (χ2v) is 5.57. The van der Waals surface area contributed by atoms with Crippen LogP contribution in [0.3, 0.4) is 0 Å². The molecule has 1 unspecified atom stereocenters. The van der Waals surface area contributed by atoms with Crippen LogP contribution < -0.4 is 5.32 Å². The van der Waals surface area contributed by atoms with Crippen LogP contribution in [0, 0.1) is 0 Å². The van der Waals surface area contributed by atoms with Gasteiger partial charge in [-0.05, 0) is 24.3 Å². The fourth-order valence-electron chi connectivity index (χ4n) is 2.23. The minimum atomic E-state index is -0.533. The Morgan fingerprint density at radius 1 is 1.44 bits per heavy atom. The van der Waals surface area contributed by atoms with Crippen LogP contribution in [-0.2, 0) is 0 Å². The van der Waals surface area contributed by atoms with Gasteiger partial charge in [-0.3, -0.25) is 0 Å². The molecule has 0 radical (unpaired) electrons. The van der Waals surface area contributed by atoms with Crippen molar-refractivity contribution in [3.63, 3.8) is 0 Å². The Bertz CT molecular complexity index is 307. The molecule has 0 bridgehead atoms. The van der Waals surface area contributed by atoms with Crippen molar-refractivity contribution in [3.8, 4) is 0 Å². The molecule has 1 saturated carbocycles. The fourth-order valence-corrected chi connectivity index (χ4v) is 2.94. The number of aliphatic hydroxyl groups is 2. The molecule has 1 aromatic heterocycles. The summed E-state index contributed by atoms with van der Waals surface area (Å²) in [7, 11) is 0. The highest BCUT2D eigenvalue weighted by Gasteiger charge is 2.30. The Morgan fingerprint density at radius 2 is 2.19 bits per heavy atom. The van der Waals surface area contributed by atoms with Gasteiger partial charge in [0.15, 0.2) is 0 Å². The highest BCUT2D eigenvalue weighted by atomic mass is 32.1. The number of rotatable bonds is 5. The molecule has 4 heteroatoms. The zero-order valence-electron chi connectivity index (χ0n) is 9.35. The van der Waals surface area contributed by atoms with Crippen molar-refractivity contribution in [3.05, 3.63) is 22.4 Å². The first-order valence-electron chi connectivity index (χ1n) is 5.84. The molecular weight excluding hydrogens is 222 g/mol. The van der Waals surface area contributed by atoms with E-state index >= 15 is 0 Å². The van der Waals surface area contributed by atoms with E-state index in [1.54, 1.807) is 11.3 Å². The molecule has 1 aliphatic carbocycles. The predicted octanol–water partition coefficient (Wildman–Crippen LogP) is 1.68. The number of aliphatic hydroxyl groups excluding tert-OH is 1. The lowest BCUT2D eigenvalue weighted by atomic mass is 10.0. The van der Waals surface area contributed by atoms with Crippen LogP contribution in [0.25, 0.3) is 0 Å². The van der Waals surface area contributed by atoms with Crippen LogP contribution in [-0.4, -0.2) is 28.9 Å². The molecule has 0 aromatic carbocycles. The summed E-state index contributed by atoms with van der Waals surface area (Å²) >= 11 is 1.56. The zero-order chi connectivity index (χ0) is 11.4. The van der Waals surface area contributed by atoms with Gasteiger partial charge in [0.2, 0.25) is 0 Å². The van der Waals surface area contributed by atoms with Crippen LogP contribution in [0.2, 0.25) is 0 Å². The maximum absolute atomic E-state index is 10.1. The molecule has 3 N–H and O–H groups in total. The molecule has 0 aliphatic heterocycles. The summed E-state index contributed by atoms with van der Waals surface area (Å²) in [5, 5.41) is 25.1. The minimum absolute atomic E-state index is 0.454. The number of nitrogens with one attached hydrogen (secondary N) is 1. The van der Waals surface area contributed by atoms with Gasteiger partial charge in [-0.1, -0.05) is 18.9 Å². The Kier molecular flexibility index (Phi) is 3.97. The molecule has 1 aromatic rings. The standard InChI is InChI=1S/C12H19NO2S/c14-10(11-4-3-7-16-11)8-13-9-12(15)5-1-2-6-12/h3-4,7,10,13-15H,1-2,5-6,8-9H2. The van der Waals surface area contributed by atoms with E-state index in [0.29, 0.717) is 13.1 Å². The Hall–Kier alpha value is -0.420. The lowest BCUT2D eigenvalue weighted by Crippen LogP contribution is -2.39. The highest BCUT2D eigenvalue weighted by Crippen LogP contribution is 2.28. The molecule has 1 aliphatic rings. The molecule has 0 saturated heterocycles. The summed E-state index contributed by atoms with van der Waals surface area (Å²) in [5.74, 6) is 0. The number of hydrogen-bond acceptors (Lipinski definition) is 4. The maximum atomic E-state index is 10.1. The van der Waals surface area contributed by atoms with Crippen LogP contribution in [0.4, 0.5) is 0 Å². The van der Waals surface area contributed by atoms with Crippen LogP contribution >= 0.6 is 11.3 Å². The molecule has 2 rings (SSSR count). The van der Waals surface area contributed by atoms with Gasteiger partial charge in [0.25, 0.3) is 0 Å². The summed E-state index contributed by atoms with van der Waals surface area (Å²) in [4.78, 5) is 0.978. The molecule has 90 valence electrons. The van der Waals surface area contributed by atoms with Crippen molar-refractivity contribution in [2.75, 3.05) is 13.1 Å². The van der Waals surface area contributed by atoms with Gasteiger partial charge >= 0.3 is 0 Å². The third-order valence-corrected chi connectivity index (χ3v) is 4.17. The Morgan fingerprint density at radius 3 is 2.81 bits per heavy atom. The molecule has 1 fully saturated rings. The third-order valence-electron chi connectivity index (χ3n) is 3.20. The van der Waals surface area contributed by atoms with Crippen molar-refractivity contribution < 1.29 is 10.2 Å². The fraction of sp³-hybridized carbons (Fsp3) is 0.667. The van der Waals surface area contributed by atoms with E-state index in [9.17, 15) is 10.2 Å². The molecular formula is C12H19NO2S. The smallest absolute Gasteiger partial charge is 0.101 e. The average Bonchev–Trinajstić information content (AvgIpc) is 2.88. The quantitative estimate of drug-likeness (QED) is 0.735. The normalized spacial score (nSPS) is 21.1. The molecule has 0 amide bonds. The van der Waals surface area contributed by atoms with Crippen molar-refractivity contribution >= 4 is 11.3 Å². The van der Waals surface area contributed by atoms with E-state index in [1.807, 2.05) is 17.5 Å². The van der Waals surface area contributed by atoms with Crippen LogP contribution in [0.1, 0.15) is 36.7 Å². The van der Waals surface area contributed by atoms with Gasteiger partial charge in [0.05, 0.1) is 5.60 Å². The predicted molar refractivity (Wildman–Crippen MR) is 65.6 cm³/mol. The van der Waals surface area contributed by atoms with Crippen molar-refractivity contribution in [1.82, 2.24) is 5.32 Å². The van der Waals surface area contributed by atoms with Gasteiger partial charge < -0.3 is 15.5 Å². The third kappa shape index (κ3) is 3.04. The summed E-state index contributed by atoms with van der Waals surface area (Å²) in [5.41, 5.74) is -0.533. The van der Waals surface area contributed by atoms with E-state index in [0.717, 1.165) is 30.6 Å². The topological polar surface area (TPSA) is 52.5 Å². The average molecular weight is 241 g/mol. The summed E-state index contributed by atoms with van der Waals surface area (Å²) < 4.78 is 0. The lowest BCUT2D eigenvalue weighted by Gasteiger charge is -2.23. The van der Waals surface area contributed by atoms with E-state index in [2.05, 4.69) is 5.32 Å². The van der Waals surface area contributed by atoms with Gasteiger partial charge in [-0.15, -0.1) is 11.3 Å². The van der Waals surface area contributed by atoms with Crippen LogP contribution in [0.5, 0.6) is 0 Å².